The fraction of sp³-hybridized carbons (Fsp3) is 0.100. The second-order valence-corrected chi connectivity index (χ2v) is 5.46. The minimum atomic E-state index is -4.61. The predicted molar refractivity (Wildman–Crippen MR) is 60.6 cm³/mol. The summed E-state index contributed by atoms with van der Waals surface area (Å²) < 4.78 is 33.8. The van der Waals surface area contributed by atoms with Crippen molar-refractivity contribution < 1.29 is 12.3 Å². The number of rotatable bonds is 2. The van der Waals surface area contributed by atoms with Crippen LogP contribution >= 0.6 is 11.3 Å². The maximum atomic E-state index is 12.6. The van der Waals surface area contributed by atoms with Crippen LogP contribution in [-0.4, -0.2) is 13.4 Å². The average Bonchev–Trinajstić information content (AvgIpc) is 2.64. The Morgan fingerprint density at radius 3 is 2.31 bits per heavy atom. The van der Waals surface area contributed by atoms with Gasteiger partial charge in [0.25, 0.3) is 0 Å². The molecule has 0 amide bonds. The monoisotopic (exact) mass is 257 g/mol. The Hall–Kier alpha value is -1.27. The summed E-state index contributed by atoms with van der Waals surface area (Å²) in [4.78, 5) is 3.92. The van der Waals surface area contributed by atoms with Crippen molar-refractivity contribution in [2.45, 2.75) is 11.8 Å². The summed E-state index contributed by atoms with van der Waals surface area (Å²) in [5, 5.41) is 2.69. The maximum absolute atomic E-state index is 12.6. The topological polar surface area (TPSA) is 47.0 Å². The number of hydrogen-bond acceptors (Lipinski definition) is 4. The van der Waals surface area contributed by atoms with Gasteiger partial charge in [-0.15, -0.1) is 15.2 Å². The van der Waals surface area contributed by atoms with Crippen molar-refractivity contribution in [3.63, 3.8) is 0 Å². The Labute approximate surface area is 96.8 Å². The second-order valence-electron chi connectivity index (χ2n) is 3.26. The average molecular weight is 257 g/mol. The number of aryl methyl sites for hydroxylation is 1. The van der Waals surface area contributed by atoms with Crippen LogP contribution in [0.2, 0.25) is 0 Å². The molecular formula is C10H8FNO2S2. The zero-order chi connectivity index (χ0) is 11.8. The minimum Gasteiger partial charge on any atom is -0.241 e. The van der Waals surface area contributed by atoms with Crippen LogP contribution in [0.25, 0.3) is 10.6 Å². The largest absolute Gasteiger partial charge is 0.332 e. The Morgan fingerprint density at radius 2 is 1.88 bits per heavy atom. The number of thiazole rings is 1. The van der Waals surface area contributed by atoms with Crippen molar-refractivity contribution in [3.8, 4) is 10.6 Å². The molecule has 0 bridgehead atoms. The highest BCUT2D eigenvalue weighted by Gasteiger charge is 2.11. The van der Waals surface area contributed by atoms with Crippen molar-refractivity contribution in [1.29, 1.82) is 0 Å². The molecule has 0 spiro atoms. The first-order chi connectivity index (χ1) is 7.47. The molecule has 1 heterocycles. The quantitative estimate of drug-likeness (QED) is 0.777. The SMILES string of the molecule is Cc1csc(-c2ccc(S(=O)(=O)F)cc2)n1. The van der Waals surface area contributed by atoms with Crippen LogP contribution < -0.4 is 0 Å². The molecule has 0 aliphatic heterocycles. The molecule has 1 aromatic carbocycles. The molecule has 0 saturated carbocycles. The smallest absolute Gasteiger partial charge is 0.241 e. The van der Waals surface area contributed by atoms with E-state index in [9.17, 15) is 12.3 Å². The molecule has 1 aromatic heterocycles. The zero-order valence-corrected chi connectivity index (χ0v) is 9.98. The van der Waals surface area contributed by atoms with Crippen LogP contribution in [0, 0.1) is 6.92 Å². The van der Waals surface area contributed by atoms with E-state index in [0.29, 0.717) is 0 Å². The fourth-order valence-electron chi connectivity index (χ4n) is 1.25. The highest BCUT2D eigenvalue weighted by Crippen LogP contribution is 2.25. The van der Waals surface area contributed by atoms with Crippen molar-refractivity contribution in [2.75, 3.05) is 0 Å². The molecule has 3 nitrogen and oxygen atoms in total. The highest BCUT2D eigenvalue weighted by molar-refractivity contribution is 7.86. The van der Waals surface area contributed by atoms with Gasteiger partial charge in [-0.25, -0.2) is 4.98 Å². The summed E-state index contributed by atoms with van der Waals surface area (Å²) in [6, 6.07) is 5.57. The van der Waals surface area contributed by atoms with Gasteiger partial charge < -0.3 is 0 Å². The maximum Gasteiger partial charge on any atom is 0.332 e. The zero-order valence-electron chi connectivity index (χ0n) is 8.34. The summed E-state index contributed by atoms with van der Waals surface area (Å²) in [6.07, 6.45) is 0. The highest BCUT2D eigenvalue weighted by atomic mass is 32.3. The summed E-state index contributed by atoms with van der Waals surface area (Å²) in [7, 11) is -4.61. The van der Waals surface area contributed by atoms with Gasteiger partial charge in [0.05, 0.1) is 4.90 Å². The van der Waals surface area contributed by atoms with E-state index >= 15 is 0 Å². The predicted octanol–water partition coefficient (Wildman–Crippen LogP) is 2.78. The molecule has 0 radical (unpaired) electrons. The Balaban J connectivity index is 2.40. The van der Waals surface area contributed by atoms with E-state index in [2.05, 4.69) is 4.98 Å². The van der Waals surface area contributed by atoms with E-state index in [1.165, 1.54) is 23.5 Å². The van der Waals surface area contributed by atoms with Crippen LogP contribution in [0.4, 0.5) is 3.89 Å². The molecule has 0 aliphatic carbocycles. The number of hydrogen-bond donors (Lipinski definition) is 0. The molecule has 0 saturated heterocycles. The van der Waals surface area contributed by atoms with E-state index in [4.69, 9.17) is 0 Å². The number of aromatic nitrogens is 1. The lowest BCUT2D eigenvalue weighted by atomic mass is 10.2. The van der Waals surface area contributed by atoms with Gasteiger partial charge in [-0.05, 0) is 19.1 Å². The van der Waals surface area contributed by atoms with Gasteiger partial charge in [-0.2, -0.15) is 8.42 Å². The molecule has 6 heteroatoms. The van der Waals surface area contributed by atoms with Crippen molar-refractivity contribution in [2.24, 2.45) is 0 Å². The van der Waals surface area contributed by atoms with Crippen LogP contribution in [0.3, 0.4) is 0 Å². The third-order valence-corrected chi connectivity index (χ3v) is 3.85. The lowest BCUT2D eigenvalue weighted by molar-refractivity contribution is 0.552. The molecule has 0 fully saturated rings. The van der Waals surface area contributed by atoms with Gasteiger partial charge in [0.15, 0.2) is 0 Å². The van der Waals surface area contributed by atoms with Crippen LogP contribution in [0.15, 0.2) is 34.5 Å². The summed E-state index contributed by atoms with van der Waals surface area (Å²) in [5.74, 6) is 0. The minimum absolute atomic E-state index is 0.329. The lowest BCUT2D eigenvalue weighted by Crippen LogP contribution is -1.91. The summed E-state index contributed by atoms with van der Waals surface area (Å²) in [6.45, 7) is 1.88. The Kier molecular flexibility index (Phi) is 2.77. The van der Waals surface area contributed by atoms with Gasteiger partial charge in [0, 0.05) is 16.6 Å². The first-order valence-electron chi connectivity index (χ1n) is 4.44. The Bertz CT molecular complexity index is 602. The molecule has 2 aromatic rings. The van der Waals surface area contributed by atoms with Crippen LogP contribution in [0.1, 0.15) is 5.69 Å². The van der Waals surface area contributed by atoms with Crippen LogP contribution in [-0.2, 0) is 10.2 Å². The molecule has 16 heavy (non-hydrogen) atoms. The molecule has 84 valence electrons. The first-order valence-corrected chi connectivity index (χ1v) is 6.70. The van der Waals surface area contributed by atoms with Crippen molar-refractivity contribution in [1.82, 2.24) is 4.98 Å². The van der Waals surface area contributed by atoms with E-state index in [1.54, 1.807) is 12.1 Å². The molecule has 0 aliphatic rings. The van der Waals surface area contributed by atoms with E-state index in [-0.39, 0.29) is 4.90 Å². The third-order valence-electron chi connectivity index (χ3n) is 2.00. The fourth-order valence-corrected chi connectivity index (χ4v) is 2.51. The number of benzene rings is 1. The molecular weight excluding hydrogens is 249 g/mol. The Morgan fingerprint density at radius 1 is 1.25 bits per heavy atom. The van der Waals surface area contributed by atoms with E-state index in [0.717, 1.165) is 16.3 Å². The van der Waals surface area contributed by atoms with Gasteiger partial charge in [0.1, 0.15) is 5.01 Å². The van der Waals surface area contributed by atoms with Gasteiger partial charge >= 0.3 is 10.2 Å². The van der Waals surface area contributed by atoms with Gasteiger partial charge in [0.2, 0.25) is 0 Å². The number of halogens is 1. The van der Waals surface area contributed by atoms with Gasteiger partial charge in [-0.3, -0.25) is 0 Å². The van der Waals surface area contributed by atoms with Crippen molar-refractivity contribution in [3.05, 3.63) is 35.3 Å². The first kappa shape index (κ1) is 11.2. The van der Waals surface area contributed by atoms with E-state index < -0.39 is 10.2 Å². The molecule has 0 N–H and O–H groups in total. The van der Waals surface area contributed by atoms with E-state index in [1.807, 2.05) is 12.3 Å². The normalized spacial score (nSPS) is 11.6. The summed E-state index contributed by atoms with van der Waals surface area (Å²) in [5.41, 5.74) is 1.69. The third kappa shape index (κ3) is 2.28. The summed E-state index contributed by atoms with van der Waals surface area (Å²) >= 11 is 1.46. The van der Waals surface area contributed by atoms with Crippen LogP contribution in [0.5, 0.6) is 0 Å². The van der Waals surface area contributed by atoms with Gasteiger partial charge in [-0.1, -0.05) is 12.1 Å². The van der Waals surface area contributed by atoms with Crippen molar-refractivity contribution >= 4 is 21.6 Å². The standard InChI is InChI=1S/C10H8FNO2S2/c1-7-6-15-10(12-7)8-2-4-9(5-3-8)16(11,13)14/h2-6H,1H3. The second kappa shape index (κ2) is 3.95. The molecule has 2 rings (SSSR count). The number of nitrogens with zero attached hydrogens (tertiary/aromatic N) is 1. The lowest BCUT2D eigenvalue weighted by Gasteiger charge is -1.97. The molecule has 0 atom stereocenters. The molecule has 0 unspecified atom stereocenters.